The van der Waals surface area contributed by atoms with Gasteiger partial charge in [-0.25, -0.2) is 9.18 Å². The van der Waals surface area contributed by atoms with Crippen LogP contribution in [0.15, 0.2) is 24.3 Å². The Balaban J connectivity index is 2.91. The van der Waals surface area contributed by atoms with Gasteiger partial charge in [0.15, 0.2) is 0 Å². The molecule has 0 fully saturated rings. The summed E-state index contributed by atoms with van der Waals surface area (Å²) in [5.74, 6) is -1.38. The van der Waals surface area contributed by atoms with Crippen molar-refractivity contribution in [3.8, 4) is 0 Å². The molecule has 0 saturated carbocycles. The predicted molar refractivity (Wildman–Crippen MR) is 78.9 cm³/mol. The topological polar surface area (TPSA) is 40.5 Å². The van der Waals surface area contributed by atoms with Gasteiger partial charge < -0.3 is 5.11 Å². The molecule has 3 nitrogen and oxygen atoms in total. The largest absolute Gasteiger partial charge is 0.478 e. The number of rotatable bonds is 7. The average Bonchev–Trinajstić information content (AvgIpc) is 2.35. The van der Waals surface area contributed by atoms with Gasteiger partial charge in [0.05, 0.1) is 0 Å². The number of nitrogens with zero attached hydrogens (tertiary/aromatic N) is 1. The lowest BCUT2D eigenvalue weighted by Crippen LogP contribution is -2.31. The lowest BCUT2D eigenvalue weighted by Gasteiger charge is -2.26. The molecule has 0 heterocycles. The highest BCUT2D eigenvalue weighted by Gasteiger charge is 2.10. The quantitative estimate of drug-likeness (QED) is 0.776. The molecule has 20 heavy (non-hydrogen) atoms. The second kappa shape index (κ2) is 7.80. The molecule has 1 aromatic carbocycles. The third kappa shape index (κ3) is 5.53. The van der Waals surface area contributed by atoms with E-state index < -0.39 is 5.97 Å². The van der Waals surface area contributed by atoms with E-state index in [0.29, 0.717) is 18.2 Å². The molecule has 0 unspecified atom stereocenters. The molecule has 0 amide bonds. The molecule has 0 aliphatic heterocycles. The van der Waals surface area contributed by atoms with E-state index in [1.54, 1.807) is 0 Å². The number of halogens is 1. The van der Waals surface area contributed by atoms with E-state index in [1.165, 1.54) is 18.2 Å². The van der Waals surface area contributed by atoms with Crippen molar-refractivity contribution in [2.45, 2.75) is 39.8 Å². The highest BCUT2D eigenvalue weighted by Crippen LogP contribution is 2.15. The fourth-order valence-corrected chi connectivity index (χ4v) is 2.07. The van der Waals surface area contributed by atoms with E-state index in [4.69, 9.17) is 5.11 Å². The van der Waals surface area contributed by atoms with Crippen LogP contribution in [0.1, 0.15) is 38.3 Å². The fourth-order valence-electron chi connectivity index (χ4n) is 2.07. The van der Waals surface area contributed by atoms with Crippen molar-refractivity contribution in [2.24, 2.45) is 0 Å². The second-order valence-corrected chi connectivity index (χ2v) is 5.13. The maximum absolute atomic E-state index is 13.6. The first kappa shape index (κ1) is 16.4. The minimum Gasteiger partial charge on any atom is -0.478 e. The van der Waals surface area contributed by atoms with Gasteiger partial charge in [-0.3, -0.25) is 4.90 Å². The Morgan fingerprint density at radius 1 is 1.40 bits per heavy atom. The molecule has 0 aliphatic carbocycles. The summed E-state index contributed by atoms with van der Waals surface area (Å²) in [6.07, 6.45) is 3.47. The number of carboxylic acid groups (broad SMARTS) is 1. The van der Waals surface area contributed by atoms with Crippen LogP contribution < -0.4 is 0 Å². The molecular weight excluding hydrogens is 257 g/mol. The molecule has 0 aliphatic rings. The van der Waals surface area contributed by atoms with Crippen molar-refractivity contribution in [3.05, 3.63) is 41.2 Å². The average molecular weight is 279 g/mol. The van der Waals surface area contributed by atoms with Crippen LogP contribution in [0.25, 0.3) is 6.08 Å². The zero-order chi connectivity index (χ0) is 15.1. The Hall–Kier alpha value is -1.68. The highest BCUT2D eigenvalue weighted by atomic mass is 19.1. The lowest BCUT2D eigenvalue weighted by atomic mass is 10.1. The van der Waals surface area contributed by atoms with Crippen LogP contribution in [0.5, 0.6) is 0 Å². The van der Waals surface area contributed by atoms with Gasteiger partial charge in [-0.05, 0) is 56.1 Å². The van der Waals surface area contributed by atoms with Crippen LogP contribution in [-0.2, 0) is 11.3 Å². The lowest BCUT2D eigenvalue weighted by molar-refractivity contribution is -0.131. The third-order valence-corrected chi connectivity index (χ3v) is 3.03. The number of hydrogen-bond donors (Lipinski definition) is 1. The van der Waals surface area contributed by atoms with E-state index in [2.05, 4.69) is 25.7 Å². The molecular formula is C16H22FNO2. The van der Waals surface area contributed by atoms with Gasteiger partial charge in [0.2, 0.25) is 0 Å². The van der Waals surface area contributed by atoms with Gasteiger partial charge in [-0.15, -0.1) is 0 Å². The number of carboxylic acids is 1. The van der Waals surface area contributed by atoms with Crippen molar-refractivity contribution >= 4 is 12.0 Å². The van der Waals surface area contributed by atoms with Crippen LogP contribution in [0.3, 0.4) is 0 Å². The molecule has 0 radical (unpaired) electrons. The van der Waals surface area contributed by atoms with Crippen molar-refractivity contribution in [2.75, 3.05) is 6.54 Å². The van der Waals surface area contributed by atoms with E-state index in [1.807, 2.05) is 6.07 Å². The maximum atomic E-state index is 13.6. The molecule has 1 rings (SSSR count). The number of carbonyl (C=O) groups is 1. The van der Waals surface area contributed by atoms with Crippen molar-refractivity contribution in [1.29, 1.82) is 0 Å². The molecule has 0 saturated heterocycles. The van der Waals surface area contributed by atoms with Gasteiger partial charge in [-0.1, -0.05) is 13.0 Å². The second-order valence-electron chi connectivity index (χ2n) is 5.13. The SMILES string of the molecule is CCCN(Cc1cc(F)cc(C=CC(=O)O)c1)C(C)C. The van der Waals surface area contributed by atoms with Crippen LogP contribution in [0.2, 0.25) is 0 Å². The van der Waals surface area contributed by atoms with Crippen LogP contribution >= 0.6 is 0 Å². The fraction of sp³-hybridized carbons (Fsp3) is 0.438. The number of aliphatic carboxylic acids is 1. The normalized spacial score (nSPS) is 11.7. The summed E-state index contributed by atoms with van der Waals surface area (Å²) in [6.45, 7) is 7.95. The predicted octanol–water partition coefficient (Wildman–Crippen LogP) is 3.54. The maximum Gasteiger partial charge on any atom is 0.328 e. The van der Waals surface area contributed by atoms with E-state index in [-0.39, 0.29) is 5.82 Å². The molecule has 4 heteroatoms. The van der Waals surface area contributed by atoms with Gasteiger partial charge in [0.1, 0.15) is 5.82 Å². The van der Waals surface area contributed by atoms with Gasteiger partial charge >= 0.3 is 5.97 Å². The Kier molecular flexibility index (Phi) is 6.39. The zero-order valence-electron chi connectivity index (χ0n) is 12.3. The van der Waals surface area contributed by atoms with Crippen molar-refractivity contribution in [3.63, 3.8) is 0 Å². The summed E-state index contributed by atoms with van der Waals surface area (Å²) in [6, 6.07) is 5.05. The summed E-state index contributed by atoms with van der Waals surface area (Å²) in [4.78, 5) is 12.8. The first-order valence-electron chi connectivity index (χ1n) is 6.87. The first-order valence-corrected chi connectivity index (χ1v) is 6.87. The smallest absolute Gasteiger partial charge is 0.328 e. The van der Waals surface area contributed by atoms with E-state index in [9.17, 15) is 9.18 Å². The molecule has 1 aromatic rings. The Bertz CT molecular complexity index is 483. The molecule has 110 valence electrons. The summed E-state index contributed by atoms with van der Waals surface area (Å²) in [7, 11) is 0. The van der Waals surface area contributed by atoms with Gasteiger partial charge in [0, 0.05) is 18.7 Å². The minimum absolute atomic E-state index is 0.340. The monoisotopic (exact) mass is 279 g/mol. The van der Waals surface area contributed by atoms with E-state index in [0.717, 1.165) is 24.6 Å². The Labute approximate surface area is 119 Å². The van der Waals surface area contributed by atoms with Gasteiger partial charge in [-0.2, -0.15) is 0 Å². The minimum atomic E-state index is -1.04. The summed E-state index contributed by atoms with van der Waals surface area (Å²) >= 11 is 0. The molecule has 1 N–H and O–H groups in total. The molecule has 0 spiro atoms. The number of benzene rings is 1. The Morgan fingerprint density at radius 2 is 2.10 bits per heavy atom. The highest BCUT2D eigenvalue weighted by molar-refractivity contribution is 5.85. The first-order chi connectivity index (χ1) is 9.42. The van der Waals surface area contributed by atoms with E-state index >= 15 is 0 Å². The molecule has 0 aromatic heterocycles. The summed E-state index contributed by atoms with van der Waals surface area (Å²) in [5, 5.41) is 8.61. The van der Waals surface area contributed by atoms with Crippen molar-refractivity contribution < 1.29 is 14.3 Å². The standard InChI is InChI=1S/C16H22FNO2/c1-4-7-18(12(2)3)11-14-8-13(5-6-16(19)20)9-15(17)10-14/h5-6,8-10,12H,4,7,11H2,1-3H3,(H,19,20). The van der Waals surface area contributed by atoms with Crippen LogP contribution in [0.4, 0.5) is 4.39 Å². The molecule has 0 atom stereocenters. The zero-order valence-corrected chi connectivity index (χ0v) is 12.3. The summed E-state index contributed by atoms with van der Waals surface area (Å²) < 4.78 is 13.6. The Morgan fingerprint density at radius 3 is 2.65 bits per heavy atom. The summed E-state index contributed by atoms with van der Waals surface area (Å²) in [5.41, 5.74) is 1.43. The van der Waals surface area contributed by atoms with Crippen molar-refractivity contribution in [1.82, 2.24) is 4.90 Å². The molecule has 0 bridgehead atoms. The number of hydrogen-bond acceptors (Lipinski definition) is 2. The van der Waals surface area contributed by atoms with Crippen LogP contribution in [-0.4, -0.2) is 28.6 Å². The van der Waals surface area contributed by atoms with Gasteiger partial charge in [0.25, 0.3) is 0 Å². The third-order valence-electron chi connectivity index (χ3n) is 3.03. The van der Waals surface area contributed by atoms with Crippen LogP contribution in [0, 0.1) is 5.82 Å².